The highest BCUT2D eigenvalue weighted by molar-refractivity contribution is 7.99. The van der Waals surface area contributed by atoms with Crippen LogP contribution in [-0.2, 0) is 14.3 Å². The van der Waals surface area contributed by atoms with E-state index in [2.05, 4.69) is 5.32 Å². The number of carboxylic acid groups (broad SMARTS) is 1. The van der Waals surface area contributed by atoms with Gasteiger partial charge in [0, 0.05) is 43.1 Å². The maximum Gasteiger partial charge on any atom is 0.329 e. The highest BCUT2D eigenvalue weighted by Crippen LogP contribution is 2.23. The van der Waals surface area contributed by atoms with Gasteiger partial charge in [-0.25, -0.2) is 4.79 Å². The maximum absolute atomic E-state index is 12.1. The molecule has 0 aromatic heterocycles. The molecule has 7 heteroatoms. The number of amides is 1. The van der Waals surface area contributed by atoms with Crippen LogP contribution in [0.3, 0.4) is 0 Å². The summed E-state index contributed by atoms with van der Waals surface area (Å²) >= 11 is 1.55. The molecule has 0 aliphatic carbocycles. The highest BCUT2D eigenvalue weighted by atomic mass is 32.2. The zero-order valence-corrected chi connectivity index (χ0v) is 13.9. The Bertz CT molecular complexity index is 540. The lowest BCUT2D eigenvalue weighted by Crippen LogP contribution is -2.57. The second-order valence-corrected chi connectivity index (χ2v) is 6.49. The quantitative estimate of drug-likeness (QED) is 0.739. The summed E-state index contributed by atoms with van der Waals surface area (Å²) in [5.74, 6) is 0.145. The number of carbonyl (C=O) groups is 2. The van der Waals surface area contributed by atoms with Crippen molar-refractivity contribution in [3.8, 4) is 5.75 Å². The Balaban J connectivity index is 1.80. The van der Waals surface area contributed by atoms with Gasteiger partial charge in [0.2, 0.25) is 5.91 Å². The van der Waals surface area contributed by atoms with Crippen LogP contribution in [0.5, 0.6) is 5.75 Å². The van der Waals surface area contributed by atoms with Crippen LogP contribution in [0.15, 0.2) is 29.2 Å². The number of thioether (sulfide) groups is 1. The predicted molar refractivity (Wildman–Crippen MR) is 86.9 cm³/mol. The Labute approximate surface area is 139 Å². The molecule has 0 saturated carbocycles. The molecular formula is C16H21NO5S. The van der Waals surface area contributed by atoms with E-state index in [9.17, 15) is 14.7 Å². The first-order chi connectivity index (χ1) is 11.1. The van der Waals surface area contributed by atoms with Gasteiger partial charge in [0.15, 0.2) is 0 Å². The average molecular weight is 339 g/mol. The molecule has 1 aromatic rings. The number of aliphatic carboxylic acids is 1. The van der Waals surface area contributed by atoms with Gasteiger partial charge in [-0.05, 0) is 24.3 Å². The van der Waals surface area contributed by atoms with Crippen LogP contribution >= 0.6 is 11.8 Å². The topological polar surface area (TPSA) is 84.9 Å². The molecule has 1 heterocycles. The number of benzene rings is 1. The van der Waals surface area contributed by atoms with E-state index in [1.165, 1.54) is 0 Å². The Morgan fingerprint density at radius 2 is 1.96 bits per heavy atom. The second-order valence-electron chi connectivity index (χ2n) is 5.32. The van der Waals surface area contributed by atoms with Gasteiger partial charge in [0.05, 0.1) is 7.11 Å². The Morgan fingerprint density at radius 1 is 1.30 bits per heavy atom. The zero-order valence-electron chi connectivity index (χ0n) is 13.0. The van der Waals surface area contributed by atoms with Crippen LogP contribution in [0.1, 0.15) is 19.3 Å². The molecule has 1 aliphatic rings. The van der Waals surface area contributed by atoms with Gasteiger partial charge in [-0.15, -0.1) is 11.8 Å². The summed E-state index contributed by atoms with van der Waals surface area (Å²) in [5, 5.41) is 12.1. The number of hydrogen-bond donors (Lipinski definition) is 2. The molecular weight excluding hydrogens is 318 g/mol. The summed E-state index contributed by atoms with van der Waals surface area (Å²) in [6, 6.07) is 7.59. The average Bonchev–Trinajstić information content (AvgIpc) is 2.56. The third-order valence-corrected chi connectivity index (χ3v) is 4.81. The summed E-state index contributed by atoms with van der Waals surface area (Å²) in [5.41, 5.74) is -1.18. The minimum absolute atomic E-state index is 0.240. The standard InChI is InChI=1S/C16H21NO5S/c1-21-12-2-4-13(5-3-12)23-11-6-14(18)17-16(15(19)20)7-9-22-10-8-16/h2-5H,6-11H2,1H3,(H,17,18)(H,19,20). The molecule has 0 spiro atoms. The number of methoxy groups -OCH3 is 1. The summed E-state index contributed by atoms with van der Waals surface area (Å²) in [7, 11) is 1.61. The fraction of sp³-hybridized carbons (Fsp3) is 0.500. The number of carbonyl (C=O) groups excluding carboxylic acids is 1. The Morgan fingerprint density at radius 3 is 2.52 bits per heavy atom. The van der Waals surface area contributed by atoms with Gasteiger partial charge in [-0.2, -0.15) is 0 Å². The van der Waals surface area contributed by atoms with Crippen molar-refractivity contribution in [2.45, 2.75) is 29.7 Å². The van der Waals surface area contributed by atoms with Gasteiger partial charge in [0.1, 0.15) is 11.3 Å². The number of carboxylic acids is 1. The van der Waals surface area contributed by atoms with E-state index in [1.54, 1.807) is 18.9 Å². The molecule has 2 rings (SSSR count). The number of ether oxygens (including phenoxy) is 2. The van der Waals surface area contributed by atoms with Crippen molar-refractivity contribution >= 4 is 23.6 Å². The summed E-state index contributed by atoms with van der Waals surface area (Å²) < 4.78 is 10.3. The van der Waals surface area contributed by atoms with Crippen LogP contribution in [-0.4, -0.2) is 48.6 Å². The van der Waals surface area contributed by atoms with Crippen molar-refractivity contribution in [3.63, 3.8) is 0 Å². The lowest BCUT2D eigenvalue weighted by atomic mass is 9.90. The van der Waals surface area contributed by atoms with E-state index < -0.39 is 11.5 Å². The molecule has 0 atom stereocenters. The SMILES string of the molecule is COc1ccc(SCCC(=O)NC2(C(=O)O)CCOCC2)cc1. The van der Waals surface area contributed by atoms with Crippen molar-refractivity contribution in [2.24, 2.45) is 0 Å². The van der Waals surface area contributed by atoms with Crippen LogP contribution in [0.25, 0.3) is 0 Å². The normalized spacial score (nSPS) is 16.6. The van der Waals surface area contributed by atoms with E-state index in [-0.39, 0.29) is 12.3 Å². The van der Waals surface area contributed by atoms with E-state index in [0.29, 0.717) is 31.8 Å². The van der Waals surface area contributed by atoms with Crippen molar-refractivity contribution in [2.75, 3.05) is 26.1 Å². The predicted octanol–water partition coefficient (Wildman–Crippen LogP) is 1.93. The van der Waals surface area contributed by atoms with Crippen molar-refractivity contribution in [1.82, 2.24) is 5.32 Å². The molecule has 0 bridgehead atoms. The fourth-order valence-corrected chi connectivity index (χ4v) is 3.23. The Hall–Kier alpha value is -1.73. The minimum atomic E-state index is -1.18. The highest BCUT2D eigenvalue weighted by Gasteiger charge is 2.41. The third-order valence-electron chi connectivity index (χ3n) is 3.79. The smallest absolute Gasteiger partial charge is 0.329 e. The second kappa shape index (κ2) is 8.21. The first-order valence-electron chi connectivity index (χ1n) is 7.45. The largest absolute Gasteiger partial charge is 0.497 e. The molecule has 1 fully saturated rings. The molecule has 1 aliphatic heterocycles. The molecule has 6 nitrogen and oxygen atoms in total. The number of nitrogens with one attached hydrogen (secondary N) is 1. The van der Waals surface area contributed by atoms with Gasteiger partial charge < -0.3 is 19.9 Å². The first-order valence-corrected chi connectivity index (χ1v) is 8.43. The molecule has 0 unspecified atom stereocenters. The Kier molecular flexibility index (Phi) is 6.29. The molecule has 0 radical (unpaired) electrons. The molecule has 23 heavy (non-hydrogen) atoms. The van der Waals surface area contributed by atoms with Crippen LogP contribution in [0.4, 0.5) is 0 Å². The van der Waals surface area contributed by atoms with Crippen LogP contribution in [0.2, 0.25) is 0 Å². The number of hydrogen-bond acceptors (Lipinski definition) is 5. The molecule has 2 N–H and O–H groups in total. The lowest BCUT2D eigenvalue weighted by Gasteiger charge is -2.33. The van der Waals surface area contributed by atoms with E-state index >= 15 is 0 Å². The van der Waals surface area contributed by atoms with Gasteiger partial charge in [0.25, 0.3) is 0 Å². The molecule has 1 amide bonds. The molecule has 126 valence electrons. The monoisotopic (exact) mass is 339 g/mol. The van der Waals surface area contributed by atoms with Gasteiger partial charge in [-0.3, -0.25) is 4.79 Å². The summed E-state index contributed by atoms with van der Waals surface area (Å²) in [6.45, 7) is 0.709. The zero-order chi connectivity index (χ0) is 16.7. The fourth-order valence-electron chi connectivity index (χ4n) is 2.38. The summed E-state index contributed by atoms with van der Waals surface area (Å²) in [4.78, 5) is 24.6. The van der Waals surface area contributed by atoms with Crippen LogP contribution < -0.4 is 10.1 Å². The van der Waals surface area contributed by atoms with Crippen molar-refractivity contribution in [3.05, 3.63) is 24.3 Å². The van der Waals surface area contributed by atoms with Gasteiger partial charge >= 0.3 is 5.97 Å². The first kappa shape index (κ1) is 17.6. The third kappa shape index (κ3) is 4.87. The van der Waals surface area contributed by atoms with Crippen LogP contribution in [0, 0.1) is 0 Å². The van der Waals surface area contributed by atoms with E-state index in [4.69, 9.17) is 9.47 Å². The maximum atomic E-state index is 12.1. The van der Waals surface area contributed by atoms with Gasteiger partial charge in [-0.1, -0.05) is 0 Å². The molecule has 1 saturated heterocycles. The lowest BCUT2D eigenvalue weighted by molar-refractivity contribution is -0.152. The van der Waals surface area contributed by atoms with E-state index in [0.717, 1.165) is 10.6 Å². The minimum Gasteiger partial charge on any atom is -0.497 e. The van der Waals surface area contributed by atoms with Crippen molar-refractivity contribution in [1.29, 1.82) is 0 Å². The van der Waals surface area contributed by atoms with E-state index in [1.807, 2.05) is 24.3 Å². The number of rotatable bonds is 7. The van der Waals surface area contributed by atoms with Crippen molar-refractivity contribution < 1.29 is 24.2 Å². The summed E-state index contributed by atoms with van der Waals surface area (Å²) in [6.07, 6.45) is 0.881. The molecule has 1 aromatic carbocycles.